The van der Waals surface area contributed by atoms with Gasteiger partial charge in [-0.3, -0.25) is 4.79 Å². The van der Waals surface area contributed by atoms with Gasteiger partial charge in [0.2, 0.25) is 5.91 Å². The van der Waals surface area contributed by atoms with E-state index in [1.54, 1.807) is 6.07 Å². The second-order valence-electron chi connectivity index (χ2n) is 5.40. The third kappa shape index (κ3) is 4.04. The average molecular weight is 355 g/mol. The number of hydrogen-bond acceptors (Lipinski definition) is 3. The SMILES string of the molecule is NC1CCCCCC1C(=O)Nc1ccc(C(=O)O)cc1Br. The van der Waals surface area contributed by atoms with E-state index in [9.17, 15) is 9.59 Å². The van der Waals surface area contributed by atoms with Crippen molar-refractivity contribution in [1.82, 2.24) is 0 Å². The lowest BCUT2D eigenvalue weighted by Gasteiger charge is -2.21. The summed E-state index contributed by atoms with van der Waals surface area (Å²) in [5, 5.41) is 11.8. The molecule has 0 bridgehead atoms. The Bertz CT molecular complexity index is 548. The highest BCUT2D eigenvalue weighted by molar-refractivity contribution is 9.10. The average Bonchev–Trinajstić information content (AvgIpc) is 2.65. The number of amides is 1. The van der Waals surface area contributed by atoms with Crippen LogP contribution in [0.4, 0.5) is 5.69 Å². The molecule has 0 saturated heterocycles. The van der Waals surface area contributed by atoms with Crippen molar-refractivity contribution in [3.63, 3.8) is 0 Å². The monoisotopic (exact) mass is 354 g/mol. The zero-order chi connectivity index (χ0) is 15.4. The summed E-state index contributed by atoms with van der Waals surface area (Å²) >= 11 is 3.29. The first-order chi connectivity index (χ1) is 9.99. The molecule has 1 aliphatic carbocycles. The largest absolute Gasteiger partial charge is 0.478 e. The van der Waals surface area contributed by atoms with E-state index in [1.807, 2.05) is 0 Å². The molecule has 4 N–H and O–H groups in total. The van der Waals surface area contributed by atoms with Crippen LogP contribution in [0, 0.1) is 5.92 Å². The topological polar surface area (TPSA) is 92.4 Å². The van der Waals surface area contributed by atoms with Crippen LogP contribution in [0.5, 0.6) is 0 Å². The van der Waals surface area contributed by atoms with Crippen molar-refractivity contribution >= 4 is 33.5 Å². The number of aromatic carboxylic acids is 1. The van der Waals surface area contributed by atoms with E-state index in [0.29, 0.717) is 10.2 Å². The molecule has 0 aromatic heterocycles. The maximum Gasteiger partial charge on any atom is 0.335 e. The number of rotatable bonds is 3. The van der Waals surface area contributed by atoms with Crippen LogP contribution in [0.15, 0.2) is 22.7 Å². The van der Waals surface area contributed by atoms with Gasteiger partial charge in [0.25, 0.3) is 0 Å². The molecule has 1 amide bonds. The number of carbonyl (C=O) groups is 2. The van der Waals surface area contributed by atoms with E-state index in [2.05, 4.69) is 21.2 Å². The number of carbonyl (C=O) groups excluding carboxylic acids is 1. The molecule has 2 unspecified atom stereocenters. The van der Waals surface area contributed by atoms with Crippen molar-refractivity contribution in [2.24, 2.45) is 11.7 Å². The molecule has 0 aliphatic heterocycles. The molecule has 0 heterocycles. The third-order valence-electron chi connectivity index (χ3n) is 3.88. The van der Waals surface area contributed by atoms with E-state index >= 15 is 0 Å². The summed E-state index contributed by atoms with van der Waals surface area (Å²) in [5.74, 6) is -1.27. The fourth-order valence-electron chi connectivity index (χ4n) is 2.64. The van der Waals surface area contributed by atoms with Crippen molar-refractivity contribution in [3.8, 4) is 0 Å². The molecular weight excluding hydrogens is 336 g/mol. The first kappa shape index (κ1) is 16.0. The molecule has 1 fully saturated rings. The summed E-state index contributed by atoms with van der Waals surface area (Å²) in [4.78, 5) is 23.3. The van der Waals surface area contributed by atoms with Crippen LogP contribution in [-0.4, -0.2) is 23.0 Å². The van der Waals surface area contributed by atoms with Crippen LogP contribution in [0.1, 0.15) is 42.5 Å². The highest BCUT2D eigenvalue weighted by Crippen LogP contribution is 2.27. The second kappa shape index (κ2) is 7.04. The lowest BCUT2D eigenvalue weighted by Crippen LogP contribution is -2.37. The number of anilines is 1. The second-order valence-corrected chi connectivity index (χ2v) is 6.25. The fraction of sp³-hybridized carbons (Fsp3) is 0.467. The lowest BCUT2D eigenvalue weighted by molar-refractivity contribution is -0.120. The predicted molar refractivity (Wildman–Crippen MR) is 84.3 cm³/mol. The maximum absolute atomic E-state index is 12.4. The number of hydrogen-bond donors (Lipinski definition) is 3. The highest BCUT2D eigenvalue weighted by atomic mass is 79.9. The van der Waals surface area contributed by atoms with Gasteiger partial charge in [0.1, 0.15) is 0 Å². The van der Waals surface area contributed by atoms with E-state index in [0.717, 1.165) is 32.1 Å². The van der Waals surface area contributed by atoms with Gasteiger partial charge in [-0.1, -0.05) is 19.3 Å². The van der Waals surface area contributed by atoms with E-state index in [1.165, 1.54) is 12.1 Å². The molecule has 114 valence electrons. The van der Waals surface area contributed by atoms with Crippen LogP contribution in [0.25, 0.3) is 0 Å². The van der Waals surface area contributed by atoms with Gasteiger partial charge in [-0.05, 0) is 47.0 Å². The Labute approximate surface area is 132 Å². The van der Waals surface area contributed by atoms with Crippen molar-refractivity contribution < 1.29 is 14.7 Å². The van der Waals surface area contributed by atoms with Gasteiger partial charge in [-0.2, -0.15) is 0 Å². The Kier molecular flexibility index (Phi) is 5.36. The summed E-state index contributed by atoms with van der Waals surface area (Å²) in [7, 11) is 0. The third-order valence-corrected chi connectivity index (χ3v) is 4.54. The molecule has 21 heavy (non-hydrogen) atoms. The van der Waals surface area contributed by atoms with Crippen LogP contribution in [0.3, 0.4) is 0 Å². The Hall–Kier alpha value is -1.40. The molecule has 1 aromatic rings. The van der Waals surface area contributed by atoms with Gasteiger partial charge in [0, 0.05) is 10.5 Å². The Morgan fingerprint density at radius 3 is 2.62 bits per heavy atom. The molecule has 0 radical (unpaired) electrons. The molecule has 0 spiro atoms. The maximum atomic E-state index is 12.4. The zero-order valence-electron chi connectivity index (χ0n) is 11.6. The molecule has 6 heteroatoms. The lowest BCUT2D eigenvalue weighted by atomic mass is 9.94. The Balaban J connectivity index is 2.10. The van der Waals surface area contributed by atoms with Crippen LogP contribution < -0.4 is 11.1 Å². The quantitative estimate of drug-likeness (QED) is 0.727. The zero-order valence-corrected chi connectivity index (χ0v) is 13.2. The van der Waals surface area contributed by atoms with Crippen LogP contribution in [0.2, 0.25) is 0 Å². The van der Waals surface area contributed by atoms with Crippen LogP contribution >= 0.6 is 15.9 Å². The minimum Gasteiger partial charge on any atom is -0.478 e. The number of nitrogens with one attached hydrogen (secondary N) is 1. The van der Waals surface area contributed by atoms with Gasteiger partial charge in [-0.15, -0.1) is 0 Å². The number of benzene rings is 1. The Morgan fingerprint density at radius 2 is 1.95 bits per heavy atom. The Morgan fingerprint density at radius 1 is 1.24 bits per heavy atom. The molecule has 2 atom stereocenters. The molecular formula is C15H19BrN2O3. The van der Waals surface area contributed by atoms with E-state index < -0.39 is 5.97 Å². The summed E-state index contributed by atoms with van der Waals surface area (Å²) in [6.45, 7) is 0. The number of nitrogens with two attached hydrogens (primary N) is 1. The van der Waals surface area contributed by atoms with Gasteiger partial charge in [-0.25, -0.2) is 4.79 Å². The van der Waals surface area contributed by atoms with Crippen molar-refractivity contribution in [2.45, 2.75) is 38.1 Å². The summed E-state index contributed by atoms with van der Waals surface area (Å²) in [5.41, 5.74) is 6.83. The number of halogens is 1. The summed E-state index contributed by atoms with van der Waals surface area (Å²) in [6.07, 6.45) is 4.89. The standard InChI is InChI=1S/C15H19BrN2O3/c16-11-8-9(15(20)21)6-7-13(11)18-14(19)10-4-2-1-3-5-12(10)17/h6-8,10,12H,1-5,17H2,(H,18,19)(H,20,21). The predicted octanol–water partition coefficient (Wildman–Crippen LogP) is 2.99. The minimum absolute atomic E-state index is 0.0897. The van der Waals surface area contributed by atoms with Gasteiger partial charge < -0.3 is 16.2 Å². The molecule has 5 nitrogen and oxygen atoms in total. The molecule has 1 aliphatic rings. The minimum atomic E-state index is -1.00. The van der Waals surface area contributed by atoms with E-state index in [-0.39, 0.29) is 23.4 Å². The van der Waals surface area contributed by atoms with Gasteiger partial charge >= 0.3 is 5.97 Å². The summed E-state index contributed by atoms with van der Waals surface area (Å²) in [6, 6.07) is 4.43. The van der Waals surface area contributed by atoms with Gasteiger partial charge in [0.05, 0.1) is 17.2 Å². The molecule has 1 aromatic carbocycles. The first-order valence-electron chi connectivity index (χ1n) is 7.08. The van der Waals surface area contributed by atoms with Crippen molar-refractivity contribution in [3.05, 3.63) is 28.2 Å². The molecule has 1 saturated carbocycles. The van der Waals surface area contributed by atoms with Crippen molar-refractivity contribution in [1.29, 1.82) is 0 Å². The van der Waals surface area contributed by atoms with Gasteiger partial charge in [0.15, 0.2) is 0 Å². The highest BCUT2D eigenvalue weighted by Gasteiger charge is 2.27. The van der Waals surface area contributed by atoms with Crippen molar-refractivity contribution in [2.75, 3.05) is 5.32 Å². The summed E-state index contributed by atoms with van der Waals surface area (Å²) < 4.78 is 0.554. The normalized spacial score (nSPS) is 22.4. The van der Waals surface area contributed by atoms with E-state index in [4.69, 9.17) is 10.8 Å². The smallest absolute Gasteiger partial charge is 0.335 e. The number of carboxylic acid groups (broad SMARTS) is 1. The fourth-order valence-corrected chi connectivity index (χ4v) is 3.11. The number of carboxylic acids is 1. The molecule has 2 rings (SSSR count). The van der Waals surface area contributed by atoms with Crippen LogP contribution in [-0.2, 0) is 4.79 Å². The first-order valence-corrected chi connectivity index (χ1v) is 7.87.